The second kappa shape index (κ2) is 5.92. The van der Waals surface area contributed by atoms with Gasteiger partial charge in [0.25, 0.3) is 5.91 Å². The first-order valence-corrected chi connectivity index (χ1v) is 7.14. The van der Waals surface area contributed by atoms with E-state index >= 15 is 0 Å². The number of hydrogen-bond donors (Lipinski definition) is 0. The molecule has 4 nitrogen and oxygen atoms in total. The molecule has 1 aliphatic heterocycles. The van der Waals surface area contributed by atoms with Gasteiger partial charge in [-0.05, 0) is 47.6 Å². The van der Waals surface area contributed by atoms with Crippen LogP contribution in [0.25, 0.3) is 0 Å². The van der Waals surface area contributed by atoms with Crippen molar-refractivity contribution in [1.29, 1.82) is 0 Å². The number of methoxy groups -OCH3 is 1. The number of carbonyl (C=O) groups excluding carboxylic acids is 1. The number of hydrogen-bond acceptors (Lipinski definition) is 3. The molecule has 0 spiro atoms. The van der Waals surface area contributed by atoms with Crippen molar-refractivity contribution in [2.45, 2.75) is 6.92 Å². The molecule has 0 aliphatic carbocycles. The molecule has 2 rings (SSSR count). The number of rotatable bonds is 2. The lowest BCUT2D eigenvalue weighted by Gasteiger charge is -2.32. The Morgan fingerprint density at radius 1 is 1.26 bits per heavy atom. The first-order chi connectivity index (χ1) is 9.02. The van der Waals surface area contributed by atoms with Crippen LogP contribution in [-0.2, 0) is 0 Å². The summed E-state index contributed by atoms with van der Waals surface area (Å²) in [6.07, 6.45) is 0. The van der Waals surface area contributed by atoms with Crippen molar-refractivity contribution in [1.82, 2.24) is 9.80 Å². The fourth-order valence-corrected chi connectivity index (χ4v) is 3.01. The minimum absolute atomic E-state index is 0.0503. The Morgan fingerprint density at radius 2 is 1.89 bits per heavy atom. The van der Waals surface area contributed by atoms with E-state index in [4.69, 9.17) is 4.74 Å². The highest BCUT2D eigenvalue weighted by molar-refractivity contribution is 9.10. The van der Waals surface area contributed by atoms with Crippen molar-refractivity contribution in [3.63, 3.8) is 0 Å². The van der Waals surface area contributed by atoms with E-state index in [-0.39, 0.29) is 5.91 Å². The zero-order chi connectivity index (χ0) is 14.0. The van der Waals surface area contributed by atoms with Gasteiger partial charge in [0.1, 0.15) is 5.75 Å². The monoisotopic (exact) mass is 326 g/mol. The minimum Gasteiger partial charge on any atom is -0.495 e. The van der Waals surface area contributed by atoms with E-state index in [0.29, 0.717) is 11.3 Å². The summed E-state index contributed by atoms with van der Waals surface area (Å²) in [6.45, 7) is 5.35. The van der Waals surface area contributed by atoms with Crippen molar-refractivity contribution in [3.05, 3.63) is 27.7 Å². The molecule has 0 saturated carbocycles. The zero-order valence-electron chi connectivity index (χ0n) is 11.6. The number of amides is 1. The molecule has 1 aromatic rings. The van der Waals surface area contributed by atoms with Gasteiger partial charge in [-0.1, -0.05) is 0 Å². The van der Waals surface area contributed by atoms with Crippen LogP contribution in [0, 0.1) is 6.92 Å². The Morgan fingerprint density at radius 3 is 2.47 bits per heavy atom. The Balaban J connectivity index is 2.28. The number of piperazine rings is 1. The van der Waals surface area contributed by atoms with Gasteiger partial charge in [0.15, 0.2) is 0 Å². The van der Waals surface area contributed by atoms with Crippen LogP contribution in [0.1, 0.15) is 15.9 Å². The van der Waals surface area contributed by atoms with E-state index in [1.165, 1.54) is 0 Å². The van der Waals surface area contributed by atoms with Crippen molar-refractivity contribution in [2.75, 3.05) is 40.3 Å². The Hall–Kier alpha value is -1.07. The van der Waals surface area contributed by atoms with Gasteiger partial charge < -0.3 is 14.5 Å². The predicted molar refractivity (Wildman–Crippen MR) is 78.8 cm³/mol. The molecule has 1 amide bonds. The van der Waals surface area contributed by atoms with Crippen LogP contribution in [-0.4, -0.2) is 56.0 Å². The second-order valence-electron chi connectivity index (χ2n) is 4.92. The quantitative estimate of drug-likeness (QED) is 0.834. The van der Waals surface area contributed by atoms with Crippen LogP contribution < -0.4 is 4.74 Å². The normalized spacial score (nSPS) is 16.5. The molecule has 5 heteroatoms. The molecule has 1 saturated heterocycles. The van der Waals surface area contributed by atoms with Crippen LogP contribution in [0.2, 0.25) is 0 Å². The van der Waals surface area contributed by atoms with Gasteiger partial charge in [-0.15, -0.1) is 0 Å². The van der Waals surface area contributed by atoms with Crippen molar-refractivity contribution >= 4 is 21.8 Å². The van der Waals surface area contributed by atoms with Crippen LogP contribution in [0.4, 0.5) is 0 Å². The number of carbonyl (C=O) groups is 1. The SMILES string of the molecule is COc1c(Br)cc(C)cc1C(=O)N1CCN(C)CC1. The third-order valence-electron chi connectivity index (χ3n) is 3.41. The van der Waals surface area contributed by atoms with Crippen LogP contribution >= 0.6 is 15.9 Å². The van der Waals surface area contributed by atoms with E-state index in [1.54, 1.807) is 7.11 Å². The van der Waals surface area contributed by atoms with Gasteiger partial charge >= 0.3 is 0 Å². The van der Waals surface area contributed by atoms with E-state index in [9.17, 15) is 4.79 Å². The van der Waals surface area contributed by atoms with Gasteiger partial charge in [-0.2, -0.15) is 0 Å². The fourth-order valence-electron chi connectivity index (χ4n) is 2.28. The molecule has 1 aliphatic rings. The molecule has 1 heterocycles. The summed E-state index contributed by atoms with van der Waals surface area (Å²) in [5.41, 5.74) is 1.68. The first kappa shape index (κ1) is 14.3. The second-order valence-corrected chi connectivity index (χ2v) is 5.78. The van der Waals surface area contributed by atoms with Gasteiger partial charge in [0.2, 0.25) is 0 Å². The lowest BCUT2D eigenvalue weighted by Crippen LogP contribution is -2.47. The third kappa shape index (κ3) is 3.09. The highest BCUT2D eigenvalue weighted by atomic mass is 79.9. The maximum Gasteiger partial charge on any atom is 0.257 e. The van der Waals surface area contributed by atoms with Crippen LogP contribution in [0.5, 0.6) is 5.75 Å². The van der Waals surface area contributed by atoms with E-state index < -0.39 is 0 Å². The van der Waals surface area contributed by atoms with Gasteiger partial charge in [-0.25, -0.2) is 0 Å². The Bertz CT molecular complexity index is 483. The van der Waals surface area contributed by atoms with Gasteiger partial charge in [0.05, 0.1) is 17.1 Å². The number of nitrogens with zero attached hydrogens (tertiary/aromatic N) is 2. The number of benzene rings is 1. The number of aryl methyl sites for hydroxylation is 1. The summed E-state index contributed by atoms with van der Waals surface area (Å²) in [5, 5.41) is 0. The lowest BCUT2D eigenvalue weighted by atomic mass is 10.1. The van der Waals surface area contributed by atoms with Crippen LogP contribution in [0.3, 0.4) is 0 Å². The van der Waals surface area contributed by atoms with E-state index in [2.05, 4.69) is 27.9 Å². The molecular weight excluding hydrogens is 308 g/mol. The summed E-state index contributed by atoms with van der Waals surface area (Å²) < 4.78 is 6.19. The van der Waals surface area contributed by atoms with Gasteiger partial charge in [-0.3, -0.25) is 4.79 Å². The van der Waals surface area contributed by atoms with Crippen LogP contribution in [0.15, 0.2) is 16.6 Å². The average molecular weight is 327 g/mol. The molecule has 19 heavy (non-hydrogen) atoms. The fraction of sp³-hybridized carbons (Fsp3) is 0.500. The zero-order valence-corrected chi connectivity index (χ0v) is 13.2. The largest absolute Gasteiger partial charge is 0.495 e. The third-order valence-corrected chi connectivity index (χ3v) is 4.00. The molecular formula is C14H19BrN2O2. The summed E-state index contributed by atoms with van der Waals surface area (Å²) in [4.78, 5) is 16.7. The molecule has 0 radical (unpaired) electrons. The Labute approximate surface area is 122 Å². The summed E-state index contributed by atoms with van der Waals surface area (Å²) in [5.74, 6) is 0.670. The molecule has 0 aromatic heterocycles. The number of likely N-dealkylation sites (N-methyl/N-ethyl adjacent to an activating group) is 1. The maximum atomic E-state index is 12.6. The van der Waals surface area contributed by atoms with Crippen molar-refractivity contribution < 1.29 is 9.53 Å². The molecule has 0 bridgehead atoms. The highest BCUT2D eigenvalue weighted by Crippen LogP contribution is 2.31. The molecule has 1 fully saturated rings. The minimum atomic E-state index is 0.0503. The topological polar surface area (TPSA) is 32.8 Å². The first-order valence-electron chi connectivity index (χ1n) is 6.35. The van der Waals surface area contributed by atoms with Crippen molar-refractivity contribution in [2.24, 2.45) is 0 Å². The summed E-state index contributed by atoms with van der Waals surface area (Å²) in [6, 6.07) is 3.85. The average Bonchev–Trinajstić information content (AvgIpc) is 2.38. The maximum absolute atomic E-state index is 12.6. The predicted octanol–water partition coefficient (Wildman–Crippen LogP) is 2.15. The molecule has 0 N–H and O–H groups in total. The molecule has 0 unspecified atom stereocenters. The van der Waals surface area contributed by atoms with E-state index in [1.807, 2.05) is 24.0 Å². The Kier molecular flexibility index (Phi) is 4.47. The van der Waals surface area contributed by atoms with Crippen molar-refractivity contribution in [3.8, 4) is 5.75 Å². The van der Waals surface area contributed by atoms with Gasteiger partial charge in [0, 0.05) is 26.2 Å². The molecule has 0 atom stereocenters. The summed E-state index contributed by atoms with van der Waals surface area (Å²) in [7, 11) is 3.67. The molecule has 1 aromatic carbocycles. The molecule has 104 valence electrons. The number of ether oxygens (including phenoxy) is 1. The standard InChI is InChI=1S/C14H19BrN2O2/c1-10-8-11(13(19-3)12(15)9-10)14(18)17-6-4-16(2)5-7-17/h8-9H,4-7H2,1-3H3. The number of halogens is 1. The van der Waals surface area contributed by atoms with E-state index in [0.717, 1.165) is 36.2 Å². The smallest absolute Gasteiger partial charge is 0.257 e. The summed E-state index contributed by atoms with van der Waals surface area (Å²) >= 11 is 3.46. The highest BCUT2D eigenvalue weighted by Gasteiger charge is 2.24. The lowest BCUT2D eigenvalue weighted by molar-refractivity contribution is 0.0660.